The van der Waals surface area contributed by atoms with Crippen LogP contribution in [0.4, 0.5) is 0 Å². The van der Waals surface area contributed by atoms with Gasteiger partial charge in [0, 0.05) is 17.7 Å². The third-order valence-corrected chi connectivity index (χ3v) is 3.14. The van der Waals surface area contributed by atoms with E-state index in [0.29, 0.717) is 13.2 Å². The van der Waals surface area contributed by atoms with Crippen molar-refractivity contribution < 1.29 is 4.74 Å². The molecule has 0 radical (unpaired) electrons. The van der Waals surface area contributed by atoms with Crippen LogP contribution in [0.5, 0.6) is 5.75 Å². The Kier molecular flexibility index (Phi) is 4.22. The molecule has 0 bridgehead atoms. The van der Waals surface area contributed by atoms with E-state index in [1.54, 1.807) is 0 Å². The zero-order chi connectivity index (χ0) is 13.8. The second-order valence-electron chi connectivity index (χ2n) is 4.68. The first-order valence-electron chi connectivity index (χ1n) is 6.64. The van der Waals surface area contributed by atoms with Crippen LogP contribution >= 0.6 is 0 Å². The molecule has 2 aromatic rings. The third-order valence-electron chi connectivity index (χ3n) is 3.14. The second kappa shape index (κ2) is 5.89. The zero-order valence-electron chi connectivity index (χ0n) is 11.8. The molecule has 0 aliphatic heterocycles. The van der Waals surface area contributed by atoms with Crippen LogP contribution in [0.2, 0.25) is 0 Å². The topological polar surface area (TPSA) is 63.9 Å². The van der Waals surface area contributed by atoms with Gasteiger partial charge >= 0.3 is 0 Å². The number of H-pyrrole nitrogens is 1. The van der Waals surface area contributed by atoms with Crippen molar-refractivity contribution in [2.24, 2.45) is 5.73 Å². The molecule has 4 heteroatoms. The normalized spacial score (nSPS) is 10.7. The maximum absolute atomic E-state index is 5.61. The lowest BCUT2D eigenvalue weighted by molar-refractivity contribution is 0.337. The maximum Gasteiger partial charge on any atom is 0.122 e. The SMILES string of the molecule is CCOc1cc(C)c(-c2cc(CCN)[nH]n2)cc1C. The van der Waals surface area contributed by atoms with E-state index in [-0.39, 0.29) is 0 Å². The van der Waals surface area contributed by atoms with Gasteiger partial charge in [-0.15, -0.1) is 0 Å². The summed E-state index contributed by atoms with van der Waals surface area (Å²) in [6.45, 7) is 7.44. The number of rotatable bonds is 5. The molecule has 0 fully saturated rings. The van der Waals surface area contributed by atoms with Gasteiger partial charge < -0.3 is 10.5 Å². The van der Waals surface area contributed by atoms with E-state index in [0.717, 1.165) is 34.7 Å². The quantitative estimate of drug-likeness (QED) is 0.867. The number of aryl methyl sites for hydroxylation is 2. The molecule has 1 aromatic heterocycles. The van der Waals surface area contributed by atoms with Gasteiger partial charge in [-0.25, -0.2) is 0 Å². The predicted molar refractivity (Wildman–Crippen MR) is 77.4 cm³/mol. The highest BCUT2D eigenvalue weighted by atomic mass is 16.5. The van der Waals surface area contributed by atoms with Gasteiger partial charge in [0.05, 0.1) is 12.3 Å². The Morgan fingerprint density at radius 3 is 2.68 bits per heavy atom. The molecule has 0 aliphatic rings. The summed E-state index contributed by atoms with van der Waals surface area (Å²) in [4.78, 5) is 0. The van der Waals surface area contributed by atoms with Crippen LogP contribution in [0.3, 0.4) is 0 Å². The van der Waals surface area contributed by atoms with Crippen molar-refractivity contribution >= 4 is 0 Å². The first-order valence-corrected chi connectivity index (χ1v) is 6.64. The van der Waals surface area contributed by atoms with E-state index in [4.69, 9.17) is 10.5 Å². The number of hydrogen-bond donors (Lipinski definition) is 2. The number of ether oxygens (including phenoxy) is 1. The third kappa shape index (κ3) is 2.96. The number of hydrogen-bond acceptors (Lipinski definition) is 3. The summed E-state index contributed by atoms with van der Waals surface area (Å²) in [5.41, 5.74) is 11.0. The number of aromatic amines is 1. The molecule has 4 nitrogen and oxygen atoms in total. The number of benzene rings is 1. The van der Waals surface area contributed by atoms with Crippen LogP contribution in [0.25, 0.3) is 11.3 Å². The van der Waals surface area contributed by atoms with Crippen LogP contribution in [0, 0.1) is 13.8 Å². The van der Waals surface area contributed by atoms with Gasteiger partial charge in [-0.05, 0) is 56.6 Å². The molecule has 0 aliphatic carbocycles. The lowest BCUT2D eigenvalue weighted by Crippen LogP contribution is -2.02. The lowest BCUT2D eigenvalue weighted by Gasteiger charge is -2.11. The van der Waals surface area contributed by atoms with Gasteiger partial charge in [-0.3, -0.25) is 5.10 Å². The van der Waals surface area contributed by atoms with Gasteiger partial charge in [0.25, 0.3) is 0 Å². The van der Waals surface area contributed by atoms with Gasteiger partial charge in [-0.1, -0.05) is 0 Å². The molecule has 0 saturated heterocycles. The molecule has 1 heterocycles. The minimum atomic E-state index is 0.628. The highest BCUT2D eigenvalue weighted by molar-refractivity contribution is 5.66. The molecule has 0 unspecified atom stereocenters. The highest BCUT2D eigenvalue weighted by Gasteiger charge is 2.10. The fourth-order valence-electron chi connectivity index (χ4n) is 2.16. The van der Waals surface area contributed by atoms with Gasteiger partial charge in [0.15, 0.2) is 0 Å². The van der Waals surface area contributed by atoms with E-state index in [1.807, 2.05) is 6.92 Å². The predicted octanol–water partition coefficient (Wildman–Crippen LogP) is 2.59. The van der Waals surface area contributed by atoms with Crippen LogP contribution in [-0.2, 0) is 6.42 Å². The summed E-state index contributed by atoms with van der Waals surface area (Å²) in [7, 11) is 0. The van der Waals surface area contributed by atoms with Crippen molar-refractivity contribution in [3.8, 4) is 17.0 Å². The average Bonchev–Trinajstić information content (AvgIpc) is 2.82. The molecule has 102 valence electrons. The molecule has 2 rings (SSSR count). The minimum Gasteiger partial charge on any atom is -0.494 e. The van der Waals surface area contributed by atoms with Crippen LogP contribution in [0.15, 0.2) is 18.2 Å². The van der Waals surface area contributed by atoms with Gasteiger partial charge in [0.1, 0.15) is 5.75 Å². The van der Waals surface area contributed by atoms with Gasteiger partial charge in [0.2, 0.25) is 0 Å². The number of nitrogens with zero attached hydrogens (tertiary/aromatic N) is 1. The minimum absolute atomic E-state index is 0.628. The monoisotopic (exact) mass is 259 g/mol. The number of nitrogens with two attached hydrogens (primary N) is 1. The summed E-state index contributed by atoms with van der Waals surface area (Å²) < 4.78 is 5.61. The summed E-state index contributed by atoms with van der Waals surface area (Å²) in [5.74, 6) is 0.946. The summed E-state index contributed by atoms with van der Waals surface area (Å²) in [6.07, 6.45) is 0.821. The lowest BCUT2D eigenvalue weighted by atomic mass is 10.0. The molecule has 19 heavy (non-hydrogen) atoms. The molecular formula is C15H21N3O. The largest absolute Gasteiger partial charge is 0.494 e. The summed E-state index contributed by atoms with van der Waals surface area (Å²) >= 11 is 0. The van der Waals surface area contributed by atoms with Crippen molar-refractivity contribution in [3.63, 3.8) is 0 Å². The smallest absolute Gasteiger partial charge is 0.122 e. The van der Waals surface area contributed by atoms with E-state index < -0.39 is 0 Å². The van der Waals surface area contributed by atoms with Crippen molar-refractivity contribution in [2.75, 3.05) is 13.2 Å². The van der Waals surface area contributed by atoms with Crippen molar-refractivity contribution in [1.29, 1.82) is 0 Å². The molecule has 0 amide bonds. The first-order chi connectivity index (χ1) is 9.15. The van der Waals surface area contributed by atoms with Crippen molar-refractivity contribution in [2.45, 2.75) is 27.2 Å². The molecule has 3 N–H and O–H groups in total. The summed E-state index contributed by atoms with van der Waals surface area (Å²) in [6, 6.07) is 6.27. The first kappa shape index (κ1) is 13.6. The maximum atomic E-state index is 5.61. The van der Waals surface area contributed by atoms with E-state index in [9.17, 15) is 0 Å². The van der Waals surface area contributed by atoms with E-state index in [1.165, 1.54) is 5.56 Å². The Balaban J connectivity index is 2.36. The molecule has 1 aromatic carbocycles. The Morgan fingerprint density at radius 1 is 1.21 bits per heavy atom. The fraction of sp³-hybridized carbons (Fsp3) is 0.400. The molecule has 0 spiro atoms. The zero-order valence-corrected chi connectivity index (χ0v) is 11.8. The average molecular weight is 259 g/mol. The van der Waals surface area contributed by atoms with Gasteiger partial charge in [-0.2, -0.15) is 5.10 Å². The molecular weight excluding hydrogens is 238 g/mol. The highest BCUT2D eigenvalue weighted by Crippen LogP contribution is 2.29. The molecule has 0 saturated carbocycles. The van der Waals surface area contributed by atoms with Crippen molar-refractivity contribution in [1.82, 2.24) is 10.2 Å². The van der Waals surface area contributed by atoms with Crippen LogP contribution in [0.1, 0.15) is 23.7 Å². The number of nitrogens with one attached hydrogen (secondary N) is 1. The second-order valence-corrected chi connectivity index (χ2v) is 4.68. The number of aromatic nitrogens is 2. The summed E-state index contributed by atoms with van der Waals surface area (Å²) in [5, 5.41) is 7.39. The van der Waals surface area contributed by atoms with E-state index >= 15 is 0 Å². The van der Waals surface area contributed by atoms with Crippen LogP contribution < -0.4 is 10.5 Å². The Labute approximate surface area is 114 Å². The molecule has 0 atom stereocenters. The fourth-order valence-corrected chi connectivity index (χ4v) is 2.16. The Bertz CT molecular complexity index is 561. The van der Waals surface area contributed by atoms with E-state index in [2.05, 4.69) is 42.2 Å². The Hall–Kier alpha value is -1.81. The Morgan fingerprint density at radius 2 is 2.00 bits per heavy atom. The van der Waals surface area contributed by atoms with Crippen molar-refractivity contribution in [3.05, 3.63) is 35.0 Å². The standard InChI is InChI=1S/C15H21N3O/c1-4-19-15-8-10(2)13(7-11(15)3)14-9-12(5-6-16)17-18-14/h7-9H,4-6,16H2,1-3H3,(H,17,18). The van der Waals surface area contributed by atoms with Crippen LogP contribution in [-0.4, -0.2) is 23.3 Å².